The van der Waals surface area contributed by atoms with Crippen LogP contribution in [0.25, 0.3) is 0 Å². The maximum Gasteiger partial charge on any atom is 0.416 e. The van der Waals surface area contributed by atoms with E-state index in [1.807, 2.05) is 0 Å². The molecule has 2 aromatic rings. The van der Waals surface area contributed by atoms with E-state index in [4.69, 9.17) is 4.74 Å². The second-order valence-corrected chi connectivity index (χ2v) is 7.62. The standard InChI is InChI=1S/C22H25F3N2O/c23-22(24,25)19-6-3-4-17(14-19)15-28-16-21(27-12-10-26-11-13-27)9-8-18-5-1-2-7-20(18)21/h1-7,14,26H,8-13,15-16H2. The lowest BCUT2D eigenvalue weighted by molar-refractivity contribution is -0.137. The highest BCUT2D eigenvalue weighted by atomic mass is 19.4. The number of piperazine rings is 1. The third-order valence-electron chi connectivity index (χ3n) is 5.91. The van der Waals surface area contributed by atoms with Crippen molar-refractivity contribution in [3.8, 4) is 0 Å². The molecule has 0 spiro atoms. The van der Waals surface area contributed by atoms with Crippen molar-refractivity contribution in [1.29, 1.82) is 0 Å². The minimum Gasteiger partial charge on any atom is -0.374 e. The molecule has 2 aromatic carbocycles. The van der Waals surface area contributed by atoms with E-state index in [2.05, 4.69) is 34.5 Å². The molecule has 3 nitrogen and oxygen atoms in total. The number of alkyl halides is 3. The van der Waals surface area contributed by atoms with Gasteiger partial charge in [-0.1, -0.05) is 36.4 Å². The SMILES string of the molecule is FC(F)(F)c1cccc(COCC2(N3CCNCC3)CCc3ccccc32)c1. The van der Waals surface area contributed by atoms with Crippen LogP contribution in [0, 0.1) is 0 Å². The van der Waals surface area contributed by atoms with Crippen LogP contribution in [0.4, 0.5) is 13.2 Å². The molecule has 1 fully saturated rings. The fourth-order valence-electron chi connectivity index (χ4n) is 4.51. The number of fused-ring (bicyclic) bond motifs is 1. The van der Waals surface area contributed by atoms with E-state index >= 15 is 0 Å². The number of rotatable bonds is 5. The van der Waals surface area contributed by atoms with Gasteiger partial charge in [-0.05, 0) is 41.7 Å². The lowest BCUT2D eigenvalue weighted by Gasteiger charge is -2.44. The third kappa shape index (κ3) is 3.81. The summed E-state index contributed by atoms with van der Waals surface area (Å²) < 4.78 is 44.9. The van der Waals surface area contributed by atoms with Crippen molar-refractivity contribution in [3.05, 3.63) is 70.8 Å². The molecule has 1 unspecified atom stereocenters. The fourth-order valence-corrected chi connectivity index (χ4v) is 4.51. The molecule has 1 heterocycles. The van der Waals surface area contributed by atoms with Crippen molar-refractivity contribution in [2.45, 2.75) is 31.2 Å². The minimum atomic E-state index is -4.33. The molecule has 0 radical (unpaired) electrons. The minimum absolute atomic E-state index is 0.180. The molecule has 0 amide bonds. The predicted molar refractivity (Wildman–Crippen MR) is 102 cm³/mol. The van der Waals surface area contributed by atoms with E-state index in [1.165, 1.54) is 23.3 Å². The summed E-state index contributed by atoms with van der Waals surface area (Å²) in [6.45, 7) is 4.44. The van der Waals surface area contributed by atoms with Crippen molar-refractivity contribution < 1.29 is 17.9 Å². The Morgan fingerprint density at radius 2 is 1.82 bits per heavy atom. The van der Waals surface area contributed by atoms with Gasteiger partial charge in [0.05, 0.1) is 24.3 Å². The number of ether oxygens (including phenoxy) is 1. The van der Waals surface area contributed by atoms with Crippen LogP contribution >= 0.6 is 0 Å². The quantitative estimate of drug-likeness (QED) is 0.836. The largest absolute Gasteiger partial charge is 0.416 e. The monoisotopic (exact) mass is 390 g/mol. The average Bonchev–Trinajstić information content (AvgIpc) is 3.08. The Morgan fingerprint density at radius 1 is 1.04 bits per heavy atom. The van der Waals surface area contributed by atoms with Crippen molar-refractivity contribution in [1.82, 2.24) is 10.2 Å². The smallest absolute Gasteiger partial charge is 0.374 e. The van der Waals surface area contributed by atoms with E-state index in [0.717, 1.165) is 45.1 Å². The van der Waals surface area contributed by atoms with Crippen LogP contribution in [0.1, 0.15) is 28.7 Å². The van der Waals surface area contributed by atoms with Crippen LogP contribution in [-0.4, -0.2) is 37.7 Å². The normalized spacial score (nSPS) is 23.0. The van der Waals surface area contributed by atoms with Gasteiger partial charge in [0, 0.05) is 26.2 Å². The topological polar surface area (TPSA) is 24.5 Å². The van der Waals surface area contributed by atoms with E-state index in [0.29, 0.717) is 12.2 Å². The Morgan fingerprint density at radius 3 is 2.61 bits per heavy atom. The summed E-state index contributed by atoms with van der Waals surface area (Å²) in [5, 5.41) is 3.39. The van der Waals surface area contributed by atoms with Crippen molar-refractivity contribution in [2.24, 2.45) is 0 Å². The zero-order valence-corrected chi connectivity index (χ0v) is 15.8. The second kappa shape index (κ2) is 7.85. The summed E-state index contributed by atoms with van der Waals surface area (Å²) in [6.07, 6.45) is -2.34. The number of hydrogen-bond acceptors (Lipinski definition) is 3. The molecule has 150 valence electrons. The maximum absolute atomic E-state index is 13.0. The molecule has 1 aliphatic heterocycles. The van der Waals surface area contributed by atoms with Crippen molar-refractivity contribution in [3.63, 3.8) is 0 Å². The molecular weight excluding hydrogens is 365 g/mol. The second-order valence-electron chi connectivity index (χ2n) is 7.62. The van der Waals surface area contributed by atoms with Gasteiger partial charge in [-0.25, -0.2) is 0 Å². The van der Waals surface area contributed by atoms with Gasteiger partial charge in [0.15, 0.2) is 0 Å². The first-order valence-electron chi connectivity index (χ1n) is 9.77. The van der Waals surface area contributed by atoms with Crippen LogP contribution in [0.15, 0.2) is 48.5 Å². The van der Waals surface area contributed by atoms with Crippen molar-refractivity contribution >= 4 is 0 Å². The van der Waals surface area contributed by atoms with Crippen LogP contribution < -0.4 is 5.32 Å². The first-order valence-corrected chi connectivity index (χ1v) is 9.77. The third-order valence-corrected chi connectivity index (χ3v) is 5.91. The number of nitrogens with one attached hydrogen (secondary N) is 1. The average molecular weight is 390 g/mol. The van der Waals surface area contributed by atoms with Gasteiger partial charge in [-0.3, -0.25) is 4.90 Å². The molecule has 0 aromatic heterocycles. The number of halogens is 3. The zero-order valence-electron chi connectivity index (χ0n) is 15.8. The molecule has 1 N–H and O–H groups in total. The van der Waals surface area contributed by atoms with E-state index in [1.54, 1.807) is 6.07 Å². The molecule has 28 heavy (non-hydrogen) atoms. The Balaban J connectivity index is 1.52. The number of benzene rings is 2. The van der Waals surface area contributed by atoms with Crippen LogP contribution in [0.3, 0.4) is 0 Å². The Kier molecular flexibility index (Phi) is 5.45. The van der Waals surface area contributed by atoms with E-state index < -0.39 is 11.7 Å². The number of hydrogen-bond donors (Lipinski definition) is 1. The fraction of sp³-hybridized carbons (Fsp3) is 0.455. The van der Waals surface area contributed by atoms with Crippen LogP contribution in [-0.2, 0) is 29.5 Å². The zero-order chi connectivity index (χ0) is 19.6. The van der Waals surface area contributed by atoms with Crippen LogP contribution in [0.2, 0.25) is 0 Å². The Hall–Kier alpha value is -1.89. The molecule has 0 saturated carbocycles. The lowest BCUT2D eigenvalue weighted by Crippen LogP contribution is -2.55. The molecule has 1 aliphatic carbocycles. The van der Waals surface area contributed by atoms with Crippen LogP contribution in [0.5, 0.6) is 0 Å². The van der Waals surface area contributed by atoms with Gasteiger partial charge in [0.1, 0.15) is 0 Å². The Bertz CT molecular complexity index is 817. The van der Waals surface area contributed by atoms with Gasteiger partial charge in [0.2, 0.25) is 0 Å². The molecule has 1 saturated heterocycles. The van der Waals surface area contributed by atoms with E-state index in [-0.39, 0.29) is 12.1 Å². The highest BCUT2D eigenvalue weighted by molar-refractivity contribution is 5.39. The summed E-state index contributed by atoms with van der Waals surface area (Å²) in [7, 11) is 0. The molecule has 1 atom stereocenters. The van der Waals surface area contributed by atoms with Gasteiger partial charge < -0.3 is 10.1 Å². The Labute approximate surface area is 163 Å². The number of aryl methyl sites for hydroxylation is 1. The van der Waals surface area contributed by atoms with Gasteiger partial charge in [-0.15, -0.1) is 0 Å². The molecule has 4 rings (SSSR count). The molecular formula is C22H25F3N2O. The van der Waals surface area contributed by atoms with Gasteiger partial charge >= 0.3 is 6.18 Å². The first kappa shape index (κ1) is 19.4. The summed E-state index contributed by atoms with van der Waals surface area (Å²) in [5.41, 5.74) is 2.39. The summed E-state index contributed by atoms with van der Waals surface area (Å²) in [6, 6.07) is 13.9. The maximum atomic E-state index is 13.0. The molecule has 2 aliphatic rings. The van der Waals surface area contributed by atoms with Crippen molar-refractivity contribution in [2.75, 3.05) is 32.8 Å². The van der Waals surface area contributed by atoms with E-state index in [9.17, 15) is 13.2 Å². The number of nitrogens with zero attached hydrogens (tertiary/aromatic N) is 1. The van der Waals surface area contributed by atoms with Gasteiger partial charge in [-0.2, -0.15) is 13.2 Å². The van der Waals surface area contributed by atoms with Gasteiger partial charge in [0.25, 0.3) is 0 Å². The molecule has 0 bridgehead atoms. The summed E-state index contributed by atoms with van der Waals surface area (Å²) in [5.74, 6) is 0. The summed E-state index contributed by atoms with van der Waals surface area (Å²) in [4.78, 5) is 2.49. The first-order chi connectivity index (χ1) is 13.5. The lowest BCUT2D eigenvalue weighted by atomic mass is 9.89. The summed E-state index contributed by atoms with van der Waals surface area (Å²) >= 11 is 0. The molecule has 6 heteroatoms. The highest BCUT2D eigenvalue weighted by Gasteiger charge is 2.44. The highest BCUT2D eigenvalue weighted by Crippen LogP contribution is 2.42. The predicted octanol–water partition coefficient (Wildman–Crippen LogP) is 3.97.